The van der Waals surface area contributed by atoms with Gasteiger partial charge in [-0.1, -0.05) is 24.3 Å². The molecule has 0 saturated carbocycles. The third kappa shape index (κ3) is 4.48. The van der Waals surface area contributed by atoms with Gasteiger partial charge in [-0.05, 0) is 49.4 Å². The maximum Gasteiger partial charge on any atom is 0.323 e. The molecule has 0 fully saturated rings. The Balaban J connectivity index is 1.63. The third-order valence-electron chi connectivity index (χ3n) is 3.37. The van der Waals surface area contributed by atoms with E-state index >= 15 is 0 Å². The molecule has 0 aliphatic heterocycles. The Kier molecular flexibility index (Phi) is 4.80. The van der Waals surface area contributed by atoms with Gasteiger partial charge >= 0.3 is 6.03 Å². The fourth-order valence-electron chi connectivity index (χ4n) is 2.24. The van der Waals surface area contributed by atoms with Crippen molar-refractivity contribution >= 4 is 29.0 Å². The first-order valence-corrected chi connectivity index (χ1v) is 7.71. The summed E-state index contributed by atoms with van der Waals surface area (Å²) in [5.41, 5.74) is 1.80. The summed E-state index contributed by atoms with van der Waals surface area (Å²) in [7, 11) is 0. The maximum atomic E-state index is 12.1. The summed E-state index contributed by atoms with van der Waals surface area (Å²) < 4.78 is 5.29. The van der Waals surface area contributed by atoms with Crippen molar-refractivity contribution in [3.05, 3.63) is 78.3 Å². The molecular formula is C19H17N3O3. The first kappa shape index (κ1) is 16.3. The molecule has 3 N–H and O–H groups in total. The van der Waals surface area contributed by atoms with E-state index in [1.54, 1.807) is 55.5 Å². The molecule has 126 valence electrons. The Morgan fingerprint density at radius 2 is 1.40 bits per heavy atom. The van der Waals surface area contributed by atoms with Gasteiger partial charge in [0.1, 0.15) is 5.76 Å². The molecule has 2 aromatic carbocycles. The van der Waals surface area contributed by atoms with Gasteiger partial charge in [0.25, 0.3) is 5.91 Å². The topological polar surface area (TPSA) is 83.4 Å². The average molecular weight is 335 g/mol. The van der Waals surface area contributed by atoms with E-state index in [0.717, 1.165) is 0 Å². The summed E-state index contributed by atoms with van der Waals surface area (Å²) in [5.74, 6) is 0.551. The Bertz CT molecular complexity index is 888. The second-order valence-corrected chi connectivity index (χ2v) is 5.39. The highest BCUT2D eigenvalue weighted by Gasteiger charge is 2.10. The molecule has 0 aliphatic carbocycles. The van der Waals surface area contributed by atoms with Crippen LogP contribution in [-0.4, -0.2) is 11.9 Å². The standard InChI is InChI=1S/C19H17N3O3/c1-13-10-11-17(25-13)18(23)20-15-8-5-9-16(12-15)22-19(24)21-14-6-3-2-4-7-14/h2-12H,1H3,(H,20,23)(H2,21,22,24). The van der Waals surface area contributed by atoms with Crippen LogP contribution in [0.5, 0.6) is 0 Å². The van der Waals surface area contributed by atoms with Gasteiger partial charge in [0.2, 0.25) is 0 Å². The van der Waals surface area contributed by atoms with Gasteiger partial charge in [0.15, 0.2) is 5.76 Å². The van der Waals surface area contributed by atoms with Crippen molar-refractivity contribution in [3.63, 3.8) is 0 Å². The van der Waals surface area contributed by atoms with Crippen molar-refractivity contribution < 1.29 is 14.0 Å². The lowest BCUT2D eigenvalue weighted by atomic mass is 10.2. The second-order valence-electron chi connectivity index (χ2n) is 5.39. The van der Waals surface area contributed by atoms with Crippen LogP contribution < -0.4 is 16.0 Å². The molecule has 6 heteroatoms. The highest BCUT2D eigenvalue weighted by atomic mass is 16.3. The number of furan rings is 1. The number of carbonyl (C=O) groups is 2. The van der Waals surface area contributed by atoms with Gasteiger partial charge in [-0.2, -0.15) is 0 Å². The number of benzene rings is 2. The van der Waals surface area contributed by atoms with Crippen LogP contribution in [0.2, 0.25) is 0 Å². The van der Waals surface area contributed by atoms with Crippen LogP contribution in [-0.2, 0) is 0 Å². The van der Waals surface area contributed by atoms with Crippen molar-refractivity contribution in [2.75, 3.05) is 16.0 Å². The van der Waals surface area contributed by atoms with E-state index in [1.165, 1.54) is 0 Å². The molecule has 25 heavy (non-hydrogen) atoms. The number of rotatable bonds is 4. The van der Waals surface area contributed by atoms with Gasteiger partial charge in [0.05, 0.1) is 0 Å². The number of urea groups is 1. The minimum absolute atomic E-state index is 0.234. The van der Waals surface area contributed by atoms with Crippen LogP contribution in [0.25, 0.3) is 0 Å². The Morgan fingerprint density at radius 1 is 0.760 bits per heavy atom. The Hall–Kier alpha value is -3.54. The second kappa shape index (κ2) is 7.35. The van der Waals surface area contributed by atoms with Gasteiger partial charge in [-0.25, -0.2) is 4.79 Å². The zero-order chi connectivity index (χ0) is 17.6. The van der Waals surface area contributed by atoms with Gasteiger partial charge in [-0.3, -0.25) is 4.79 Å². The predicted molar refractivity (Wildman–Crippen MR) is 96.9 cm³/mol. The maximum absolute atomic E-state index is 12.1. The largest absolute Gasteiger partial charge is 0.456 e. The molecule has 0 bridgehead atoms. The number of nitrogens with one attached hydrogen (secondary N) is 3. The smallest absolute Gasteiger partial charge is 0.323 e. The normalized spacial score (nSPS) is 10.1. The fourth-order valence-corrected chi connectivity index (χ4v) is 2.24. The predicted octanol–water partition coefficient (Wildman–Crippen LogP) is 4.48. The summed E-state index contributed by atoms with van der Waals surface area (Å²) in [6.07, 6.45) is 0. The number of amides is 3. The highest BCUT2D eigenvalue weighted by Crippen LogP contribution is 2.17. The lowest BCUT2D eigenvalue weighted by Crippen LogP contribution is -2.19. The number of hydrogen-bond acceptors (Lipinski definition) is 3. The summed E-state index contributed by atoms with van der Waals surface area (Å²) in [4.78, 5) is 24.1. The zero-order valence-corrected chi connectivity index (χ0v) is 13.6. The van der Waals surface area contributed by atoms with E-state index < -0.39 is 0 Å². The van der Waals surface area contributed by atoms with Crippen molar-refractivity contribution in [1.29, 1.82) is 0 Å². The molecule has 1 heterocycles. The zero-order valence-electron chi connectivity index (χ0n) is 13.6. The molecule has 0 saturated heterocycles. The minimum atomic E-state index is -0.365. The molecule has 3 rings (SSSR count). The number of carbonyl (C=O) groups excluding carboxylic acids is 2. The van der Waals surface area contributed by atoms with Crippen molar-refractivity contribution in [2.45, 2.75) is 6.92 Å². The molecule has 0 atom stereocenters. The summed E-state index contributed by atoms with van der Waals surface area (Å²) >= 11 is 0. The number of anilines is 3. The first-order chi connectivity index (χ1) is 12.1. The van der Waals surface area contributed by atoms with E-state index in [9.17, 15) is 9.59 Å². The van der Waals surface area contributed by atoms with E-state index in [4.69, 9.17) is 4.42 Å². The van der Waals surface area contributed by atoms with Gasteiger partial charge in [0, 0.05) is 17.1 Å². The quantitative estimate of drug-likeness (QED) is 0.657. The number of aryl methyl sites for hydroxylation is 1. The Morgan fingerprint density at radius 3 is 2.08 bits per heavy atom. The molecule has 6 nitrogen and oxygen atoms in total. The SMILES string of the molecule is Cc1ccc(C(=O)Nc2cccc(NC(=O)Nc3ccccc3)c2)o1. The van der Waals surface area contributed by atoms with Gasteiger partial charge < -0.3 is 20.4 Å². The van der Waals surface area contributed by atoms with Crippen molar-refractivity contribution in [1.82, 2.24) is 0 Å². The number of hydrogen-bond donors (Lipinski definition) is 3. The van der Waals surface area contributed by atoms with Crippen LogP contribution >= 0.6 is 0 Å². The van der Waals surface area contributed by atoms with E-state index in [0.29, 0.717) is 22.8 Å². The summed E-state index contributed by atoms with van der Waals surface area (Å²) in [6.45, 7) is 1.77. The fraction of sp³-hybridized carbons (Fsp3) is 0.0526. The Labute approximate surface area is 144 Å². The lowest BCUT2D eigenvalue weighted by Gasteiger charge is -2.09. The van der Waals surface area contributed by atoms with Crippen LogP contribution in [0, 0.1) is 6.92 Å². The monoisotopic (exact) mass is 335 g/mol. The molecule has 0 spiro atoms. The average Bonchev–Trinajstić information content (AvgIpc) is 3.02. The molecule has 0 unspecified atom stereocenters. The van der Waals surface area contributed by atoms with Crippen LogP contribution in [0.4, 0.5) is 21.9 Å². The molecule has 0 radical (unpaired) electrons. The number of para-hydroxylation sites is 1. The molecule has 1 aromatic heterocycles. The first-order valence-electron chi connectivity index (χ1n) is 7.71. The minimum Gasteiger partial charge on any atom is -0.456 e. The van der Waals surface area contributed by atoms with Gasteiger partial charge in [-0.15, -0.1) is 0 Å². The lowest BCUT2D eigenvalue weighted by molar-refractivity contribution is 0.0995. The van der Waals surface area contributed by atoms with Crippen molar-refractivity contribution in [3.8, 4) is 0 Å². The van der Waals surface area contributed by atoms with E-state index in [1.807, 2.05) is 18.2 Å². The van der Waals surface area contributed by atoms with Crippen LogP contribution in [0.3, 0.4) is 0 Å². The van der Waals surface area contributed by atoms with E-state index in [2.05, 4.69) is 16.0 Å². The van der Waals surface area contributed by atoms with Crippen LogP contribution in [0.1, 0.15) is 16.3 Å². The molecule has 3 aromatic rings. The van der Waals surface area contributed by atoms with E-state index in [-0.39, 0.29) is 17.7 Å². The summed E-state index contributed by atoms with van der Waals surface area (Å²) in [5, 5.41) is 8.18. The van der Waals surface area contributed by atoms with Crippen LogP contribution in [0.15, 0.2) is 71.1 Å². The molecule has 0 aliphatic rings. The van der Waals surface area contributed by atoms with Crippen molar-refractivity contribution in [2.24, 2.45) is 0 Å². The summed E-state index contributed by atoms with van der Waals surface area (Å²) in [6, 6.07) is 19.0. The molecular weight excluding hydrogens is 318 g/mol. The third-order valence-corrected chi connectivity index (χ3v) is 3.37. The highest BCUT2D eigenvalue weighted by molar-refractivity contribution is 6.03. The molecule has 3 amide bonds.